The number of alkyl halides is 2. The second-order valence-corrected chi connectivity index (χ2v) is 6.88. The van der Waals surface area contributed by atoms with Crippen molar-refractivity contribution in [1.82, 2.24) is 19.7 Å². The first-order valence-electron chi connectivity index (χ1n) is 7.47. The smallest absolute Gasteiger partial charge is 0.387 e. The number of ether oxygens (including phenoxy) is 2. The molecule has 2 rings (SSSR count). The molecular weight excluding hydrogens is 402 g/mol. The van der Waals surface area contributed by atoms with E-state index in [1.54, 1.807) is 18.8 Å². The van der Waals surface area contributed by atoms with E-state index in [-0.39, 0.29) is 17.9 Å². The van der Waals surface area contributed by atoms with Gasteiger partial charge in [0.1, 0.15) is 10.6 Å². The average molecular weight is 418 g/mol. The maximum absolute atomic E-state index is 12.5. The van der Waals surface area contributed by atoms with Crippen LogP contribution in [0.15, 0.2) is 29.2 Å². The molecular formula is C14H16F2N6O5S. The number of carbonyl (C=O) groups is 1. The van der Waals surface area contributed by atoms with Gasteiger partial charge < -0.3 is 14.4 Å². The molecule has 0 spiro atoms. The van der Waals surface area contributed by atoms with Crippen molar-refractivity contribution in [3.63, 3.8) is 0 Å². The zero-order valence-corrected chi connectivity index (χ0v) is 15.7. The zero-order chi connectivity index (χ0) is 20.9. The Morgan fingerprint density at radius 3 is 2.46 bits per heavy atom. The molecule has 0 atom stereocenters. The molecule has 2 N–H and O–H groups in total. The van der Waals surface area contributed by atoms with Crippen LogP contribution in [0.4, 0.5) is 25.5 Å². The van der Waals surface area contributed by atoms with Gasteiger partial charge in [-0.05, 0) is 12.1 Å². The summed E-state index contributed by atoms with van der Waals surface area (Å²) in [6.45, 7) is -3.24. The average Bonchev–Trinajstić information content (AvgIpc) is 2.60. The molecule has 1 aromatic carbocycles. The Hall–Kier alpha value is -3.29. The number of halogens is 2. The third-order valence-electron chi connectivity index (χ3n) is 2.99. The molecule has 2 aromatic rings. The molecule has 0 unspecified atom stereocenters. The molecule has 0 aliphatic rings. The first-order chi connectivity index (χ1) is 13.1. The van der Waals surface area contributed by atoms with Crippen LogP contribution in [0.5, 0.6) is 11.8 Å². The van der Waals surface area contributed by atoms with Crippen molar-refractivity contribution in [2.45, 2.75) is 11.5 Å². The number of anilines is 2. The third-order valence-corrected chi connectivity index (χ3v) is 4.36. The summed E-state index contributed by atoms with van der Waals surface area (Å²) in [5.74, 6) is -0.768. The number of rotatable bonds is 7. The predicted octanol–water partition coefficient (Wildman–Crippen LogP) is 1.06. The summed E-state index contributed by atoms with van der Waals surface area (Å²) in [4.78, 5) is 24.5. The maximum Gasteiger partial charge on any atom is 0.387 e. The predicted molar refractivity (Wildman–Crippen MR) is 93.1 cm³/mol. The van der Waals surface area contributed by atoms with Crippen LogP contribution in [0.1, 0.15) is 0 Å². The molecule has 14 heteroatoms. The lowest BCUT2D eigenvalue weighted by atomic mass is 10.3. The quantitative estimate of drug-likeness (QED) is 0.676. The molecule has 11 nitrogen and oxygen atoms in total. The van der Waals surface area contributed by atoms with E-state index in [1.807, 2.05) is 0 Å². The van der Waals surface area contributed by atoms with Gasteiger partial charge in [0.25, 0.3) is 10.0 Å². The maximum atomic E-state index is 12.5. The van der Waals surface area contributed by atoms with Crippen LogP contribution in [-0.2, 0) is 10.0 Å². The number of amides is 2. The van der Waals surface area contributed by atoms with Crippen molar-refractivity contribution in [3.8, 4) is 11.8 Å². The van der Waals surface area contributed by atoms with Crippen LogP contribution in [0, 0.1) is 0 Å². The van der Waals surface area contributed by atoms with Crippen molar-refractivity contribution in [3.05, 3.63) is 24.3 Å². The Morgan fingerprint density at radius 2 is 1.86 bits per heavy atom. The molecule has 0 fully saturated rings. The van der Waals surface area contributed by atoms with Gasteiger partial charge in [-0.3, -0.25) is 5.32 Å². The Bertz CT molecular complexity index is 957. The number of sulfonamides is 1. The standard InChI is InChI=1S/C14H16F2N6O5S/c1-22(2)12-17-11(19-14(20-12)26-3)18-13(23)21-28(24,25)9-7-5-4-6-8(9)27-10(15)16/h4-7,10H,1-3H3,(H2,17,18,19,20,21,23). The minimum atomic E-state index is -4.53. The number of urea groups is 1. The van der Waals surface area contributed by atoms with Gasteiger partial charge in [-0.25, -0.2) is 17.9 Å². The van der Waals surface area contributed by atoms with Crippen molar-refractivity contribution in [1.29, 1.82) is 0 Å². The number of benzene rings is 1. The Labute approximate surface area is 158 Å². The van der Waals surface area contributed by atoms with E-state index < -0.39 is 33.3 Å². The third kappa shape index (κ3) is 5.35. The van der Waals surface area contributed by atoms with Crippen molar-refractivity contribution < 1.29 is 31.5 Å². The summed E-state index contributed by atoms with van der Waals surface area (Å²) < 4.78 is 60.3. The van der Waals surface area contributed by atoms with E-state index >= 15 is 0 Å². The zero-order valence-electron chi connectivity index (χ0n) is 14.9. The minimum Gasteiger partial charge on any atom is -0.467 e. The fourth-order valence-electron chi connectivity index (χ4n) is 1.86. The van der Waals surface area contributed by atoms with E-state index in [2.05, 4.69) is 25.0 Å². The fourth-order valence-corrected chi connectivity index (χ4v) is 2.91. The first kappa shape index (κ1) is 21.0. The van der Waals surface area contributed by atoms with Crippen molar-refractivity contribution in [2.24, 2.45) is 0 Å². The normalized spacial score (nSPS) is 11.1. The van der Waals surface area contributed by atoms with E-state index in [4.69, 9.17) is 4.74 Å². The number of nitrogens with zero attached hydrogens (tertiary/aromatic N) is 4. The number of hydrogen-bond donors (Lipinski definition) is 2. The monoisotopic (exact) mass is 418 g/mol. The largest absolute Gasteiger partial charge is 0.467 e. The van der Waals surface area contributed by atoms with E-state index in [0.29, 0.717) is 0 Å². The molecule has 2 amide bonds. The highest BCUT2D eigenvalue weighted by Crippen LogP contribution is 2.24. The van der Waals surface area contributed by atoms with E-state index in [1.165, 1.54) is 24.1 Å². The molecule has 1 aromatic heterocycles. The molecule has 0 radical (unpaired) electrons. The molecule has 0 aliphatic heterocycles. The van der Waals surface area contributed by atoms with Gasteiger partial charge >= 0.3 is 18.7 Å². The van der Waals surface area contributed by atoms with Gasteiger partial charge in [0.05, 0.1) is 7.11 Å². The highest BCUT2D eigenvalue weighted by Gasteiger charge is 2.24. The van der Waals surface area contributed by atoms with Crippen LogP contribution in [0.25, 0.3) is 0 Å². The first-order valence-corrected chi connectivity index (χ1v) is 8.95. The van der Waals surface area contributed by atoms with Crippen LogP contribution in [0.2, 0.25) is 0 Å². The number of methoxy groups -OCH3 is 1. The fraction of sp³-hybridized carbons (Fsp3) is 0.286. The van der Waals surface area contributed by atoms with Gasteiger partial charge in [-0.1, -0.05) is 12.1 Å². The number of para-hydroxylation sites is 1. The summed E-state index contributed by atoms with van der Waals surface area (Å²) in [7, 11) is 0.0194. The lowest BCUT2D eigenvalue weighted by Gasteiger charge is -2.14. The summed E-state index contributed by atoms with van der Waals surface area (Å²) >= 11 is 0. The van der Waals surface area contributed by atoms with Gasteiger partial charge in [-0.15, -0.1) is 0 Å². The van der Waals surface area contributed by atoms with Crippen LogP contribution >= 0.6 is 0 Å². The lowest BCUT2D eigenvalue weighted by molar-refractivity contribution is -0.0517. The van der Waals surface area contributed by atoms with Gasteiger partial charge in [-0.2, -0.15) is 23.7 Å². The van der Waals surface area contributed by atoms with E-state index in [0.717, 1.165) is 12.1 Å². The summed E-state index contributed by atoms with van der Waals surface area (Å²) in [6.07, 6.45) is 0. The Morgan fingerprint density at radius 1 is 1.18 bits per heavy atom. The van der Waals surface area contributed by atoms with Crippen molar-refractivity contribution >= 4 is 28.0 Å². The van der Waals surface area contributed by atoms with Crippen LogP contribution < -0.4 is 24.4 Å². The molecule has 0 saturated heterocycles. The topological polar surface area (TPSA) is 136 Å². The highest BCUT2D eigenvalue weighted by molar-refractivity contribution is 7.90. The second kappa shape index (κ2) is 8.60. The molecule has 0 aliphatic carbocycles. The number of aromatic nitrogens is 3. The lowest BCUT2D eigenvalue weighted by Crippen LogP contribution is -2.35. The SMILES string of the molecule is COc1nc(NC(=O)NS(=O)(=O)c2ccccc2OC(F)F)nc(N(C)C)n1. The van der Waals surface area contributed by atoms with Gasteiger partial charge in [0.2, 0.25) is 11.9 Å². The van der Waals surface area contributed by atoms with Gasteiger partial charge in [0, 0.05) is 14.1 Å². The second-order valence-electron chi connectivity index (χ2n) is 5.23. The van der Waals surface area contributed by atoms with Gasteiger partial charge in [0.15, 0.2) is 0 Å². The van der Waals surface area contributed by atoms with E-state index in [9.17, 15) is 22.0 Å². The summed E-state index contributed by atoms with van der Waals surface area (Å²) in [5, 5.41) is 2.11. The number of carbonyl (C=O) groups excluding carboxylic acids is 1. The molecule has 0 saturated carbocycles. The molecule has 1 heterocycles. The Balaban J connectivity index is 2.22. The molecule has 0 bridgehead atoms. The summed E-state index contributed by atoms with van der Waals surface area (Å²) in [5.41, 5.74) is 0. The summed E-state index contributed by atoms with van der Waals surface area (Å²) in [6, 6.07) is 3.27. The van der Waals surface area contributed by atoms with Crippen LogP contribution in [-0.4, -0.2) is 57.2 Å². The molecule has 28 heavy (non-hydrogen) atoms. The number of nitrogens with one attached hydrogen (secondary N) is 2. The minimum absolute atomic E-state index is 0.118. The number of hydrogen-bond acceptors (Lipinski definition) is 9. The highest BCUT2D eigenvalue weighted by atomic mass is 32.2. The van der Waals surface area contributed by atoms with Crippen LogP contribution in [0.3, 0.4) is 0 Å². The van der Waals surface area contributed by atoms with Crippen molar-refractivity contribution in [2.75, 3.05) is 31.4 Å². The molecule has 152 valence electrons. The Kier molecular flexibility index (Phi) is 6.45.